The van der Waals surface area contributed by atoms with E-state index in [0.29, 0.717) is 17.2 Å². The summed E-state index contributed by atoms with van der Waals surface area (Å²) in [6, 6.07) is 10.8. The van der Waals surface area contributed by atoms with Crippen LogP contribution in [0.3, 0.4) is 0 Å². The fourth-order valence-corrected chi connectivity index (χ4v) is 2.53. The number of aromatic nitrogens is 2. The topological polar surface area (TPSA) is 86.4 Å². The van der Waals surface area contributed by atoms with Gasteiger partial charge in [-0.1, -0.05) is 0 Å². The maximum absolute atomic E-state index is 13.1. The van der Waals surface area contributed by atoms with Crippen LogP contribution in [0.4, 0.5) is 4.39 Å². The van der Waals surface area contributed by atoms with Crippen molar-refractivity contribution in [2.24, 2.45) is 0 Å². The fourth-order valence-electron chi connectivity index (χ4n) is 2.53. The van der Waals surface area contributed by atoms with Crippen LogP contribution in [-0.2, 0) is 4.74 Å². The number of hydrogen-bond donors (Lipinski definition) is 1. The van der Waals surface area contributed by atoms with Gasteiger partial charge in [-0.3, -0.25) is 9.59 Å². The summed E-state index contributed by atoms with van der Waals surface area (Å²) in [4.78, 5) is 24.7. The van der Waals surface area contributed by atoms with Crippen molar-refractivity contribution in [1.82, 2.24) is 15.1 Å². The smallest absolute Gasteiger partial charge is 0.272 e. The number of carbonyl (C=O) groups is 1. The number of furan rings is 1. The Morgan fingerprint density at radius 3 is 2.59 bits per heavy atom. The van der Waals surface area contributed by atoms with E-state index in [-0.39, 0.29) is 12.3 Å². The number of nitrogens with zero attached hydrogens (tertiary/aromatic N) is 2. The molecule has 8 heteroatoms. The van der Waals surface area contributed by atoms with Gasteiger partial charge in [0.25, 0.3) is 11.5 Å². The first-order chi connectivity index (χ1) is 13.0. The molecule has 7 nitrogen and oxygen atoms in total. The number of carbonyl (C=O) groups excluding carboxylic acids is 1. The first-order valence-corrected chi connectivity index (χ1v) is 8.20. The molecule has 0 spiro atoms. The number of nitrogens with one attached hydrogen (secondary N) is 1. The zero-order valence-corrected chi connectivity index (χ0v) is 14.8. The minimum atomic E-state index is -0.510. The summed E-state index contributed by atoms with van der Waals surface area (Å²) in [5.74, 6) is 0.330. The maximum atomic E-state index is 13.1. The second-order valence-corrected chi connectivity index (χ2v) is 5.87. The Bertz CT molecular complexity index is 995. The summed E-state index contributed by atoms with van der Waals surface area (Å²) < 4.78 is 24.8. The molecule has 2 heterocycles. The largest absolute Gasteiger partial charge is 0.464 e. The van der Waals surface area contributed by atoms with Crippen molar-refractivity contribution in [2.45, 2.75) is 13.0 Å². The van der Waals surface area contributed by atoms with E-state index in [2.05, 4.69) is 10.4 Å². The van der Waals surface area contributed by atoms with Crippen LogP contribution in [0, 0.1) is 12.7 Å². The van der Waals surface area contributed by atoms with Gasteiger partial charge in [0.15, 0.2) is 0 Å². The summed E-state index contributed by atoms with van der Waals surface area (Å²) in [5, 5.41) is 6.86. The van der Waals surface area contributed by atoms with Gasteiger partial charge in [-0.15, -0.1) is 0 Å². The number of amides is 1. The van der Waals surface area contributed by atoms with Gasteiger partial charge in [-0.05, 0) is 49.4 Å². The van der Waals surface area contributed by atoms with E-state index in [1.165, 1.54) is 43.5 Å². The number of benzene rings is 1. The molecule has 1 amide bonds. The minimum absolute atomic E-state index is 0.0308. The zero-order chi connectivity index (χ0) is 19.4. The van der Waals surface area contributed by atoms with Crippen LogP contribution in [-0.4, -0.2) is 29.4 Å². The molecule has 3 rings (SSSR count). The average Bonchev–Trinajstić information content (AvgIpc) is 3.09. The van der Waals surface area contributed by atoms with Crippen molar-refractivity contribution in [3.8, 4) is 5.69 Å². The molecule has 0 aliphatic carbocycles. The summed E-state index contributed by atoms with van der Waals surface area (Å²) in [6.45, 7) is 2.01. The highest BCUT2D eigenvalue weighted by Crippen LogP contribution is 2.17. The van der Waals surface area contributed by atoms with Crippen LogP contribution in [0.1, 0.15) is 28.1 Å². The summed E-state index contributed by atoms with van der Waals surface area (Å²) in [7, 11) is 1.52. The van der Waals surface area contributed by atoms with Gasteiger partial charge < -0.3 is 14.5 Å². The summed E-state index contributed by atoms with van der Waals surface area (Å²) >= 11 is 0. The van der Waals surface area contributed by atoms with Gasteiger partial charge in [0.2, 0.25) is 0 Å². The standard InChI is InChI=1S/C19H18FN3O4/c1-12-3-9-17(27-12)16(11-26-2)21-19(25)15-8-10-18(24)23(22-15)14-6-4-13(20)5-7-14/h3-10,16H,11H2,1-2H3,(H,21,25)/t16-/m0/s1. The molecule has 0 radical (unpaired) electrons. The lowest BCUT2D eigenvalue weighted by molar-refractivity contribution is 0.0875. The lowest BCUT2D eigenvalue weighted by atomic mass is 10.2. The first-order valence-electron chi connectivity index (χ1n) is 8.20. The molecule has 0 bridgehead atoms. The van der Waals surface area contributed by atoms with Crippen molar-refractivity contribution in [2.75, 3.05) is 13.7 Å². The number of methoxy groups -OCH3 is 1. The second-order valence-electron chi connectivity index (χ2n) is 5.87. The number of rotatable bonds is 6. The Balaban J connectivity index is 1.86. The number of hydrogen-bond acceptors (Lipinski definition) is 5. The van der Waals surface area contributed by atoms with E-state index >= 15 is 0 Å². The predicted octanol–water partition coefficient (Wildman–Crippen LogP) is 2.39. The molecule has 27 heavy (non-hydrogen) atoms. The van der Waals surface area contributed by atoms with Crippen molar-refractivity contribution in [3.05, 3.63) is 81.9 Å². The van der Waals surface area contributed by atoms with Crippen LogP contribution in [0.25, 0.3) is 5.69 Å². The Kier molecular flexibility index (Phi) is 5.46. The van der Waals surface area contributed by atoms with Crippen molar-refractivity contribution < 1.29 is 18.3 Å². The highest BCUT2D eigenvalue weighted by Gasteiger charge is 2.20. The normalized spacial score (nSPS) is 12.0. The first kappa shape index (κ1) is 18.5. The SMILES string of the molecule is COC[C@H](NC(=O)c1ccc(=O)n(-c2ccc(F)cc2)n1)c1ccc(C)o1. The zero-order valence-electron chi connectivity index (χ0n) is 14.8. The third kappa shape index (κ3) is 4.29. The molecule has 0 unspecified atom stereocenters. The molecule has 0 aliphatic rings. The monoisotopic (exact) mass is 371 g/mol. The Morgan fingerprint density at radius 1 is 1.22 bits per heavy atom. The van der Waals surface area contributed by atoms with Gasteiger partial charge in [-0.25, -0.2) is 4.39 Å². The highest BCUT2D eigenvalue weighted by molar-refractivity contribution is 5.92. The summed E-state index contributed by atoms with van der Waals surface area (Å²) in [5.41, 5.74) is -0.0530. The van der Waals surface area contributed by atoms with Crippen LogP contribution >= 0.6 is 0 Å². The molecule has 1 atom stereocenters. The third-order valence-corrected chi connectivity index (χ3v) is 3.85. The Labute approximate surface area is 154 Å². The third-order valence-electron chi connectivity index (χ3n) is 3.85. The van der Waals surface area contributed by atoms with Crippen LogP contribution in [0.2, 0.25) is 0 Å². The van der Waals surface area contributed by atoms with E-state index < -0.39 is 23.3 Å². The van der Waals surface area contributed by atoms with Crippen LogP contribution < -0.4 is 10.9 Å². The van der Waals surface area contributed by atoms with Crippen LogP contribution in [0.15, 0.2) is 57.7 Å². The van der Waals surface area contributed by atoms with Gasteiger partial charge in [0.05, 0.1) is 12.3 Å². The molecule has 0 fully saturated rings. The van der Waals surface area contributed by atoms with Crippen molar-refractivity contribution in [1.29, 1.82) is 0 Å². The van der Waals surface area contributed by atoms with Crippen molar-refractivity contribution in [3.63, 3.8) is 0 Å². The van der Waals surface area contributed by atoms with E-state index in [4.69, 9.17) is 9.15 Å². The van der Waals surface area contributed by atoms with Gasteiger partial charge in [0, 0.05) is 13.2 Å². The molecule has 0 saturated heterocycles. The molecule has 0 saturated carbocycles. The van der Waals surface area contributed by atoms with Crippen molar-refractivity contribution >= 4 is 5.91 Å². The molecular formula is C19H18FN3O4. The number of ether oxygens (including phenoxy) is 1. The molecule has 3 aromatic rings. The predicted molar refractivity (Wildman–Crippen MR) is 95.3 cm³/mol. The van der Waals surface area contributed by atoms with E-state index in [1.54, 1.807) is 19.1 Å². The number of halogens is 1. The average molecular weight is 371 g/mol. The van der Waals surface area contributed by atoms with E-state index in [9.17, 15) is 14.0 Å². The molecular weight excluding hydrogens is 353 g/mol. The Hall–Kier alpha value is -3.26. The lowest BCUT2D eigenvalue weighted by Gasteiger charge is -2.16. The highest BCUT2D eigenvalue weighted by atomic mass is 19.1. The van der Waals surface area contributed by atoms with E-state index in [0.717, 1.165) is 4.68 Å². The molecule has 1 aromatic carbocycles. The van der Waals surface area contributed by atoms with E-state index in [1.807, 2.05) is 0 Å². The summed E-state index contributed by atoms with van der Waals surface area (Å²) in [6.07, 6.45) is 0. The van der Waals surface area contributed by atoms with Gasteiger partial charge in [0.1, 0.15) is 29.1 Å². The molecule has 2 aromatic heterocycles. The second kappa shape index (κ2) is 7.96. The molecule has 1 N–H and O–H groups in total. The number of aryl methyl sites for hydroxylation is 1. The van der Waals surface area contributed by atoms with Crippen LogP contribution in [0.5, 0.6) is 0 Å². The van der Waals surface area contributed by atoms with Gasteiger partial charge >= 0.3 is 0 Å². The van der Waals surface area contributed by atoms with Gasteiger partial charge in [-0.2, -0.15) is 9.78 Å². The quantitative estimate of drug-likeness (QED) is 0.719. The Morgan fingerprint density at radius 2 is 1.96 bits per heavy atom. The maximum Gasteiger partial charge on any atom is 0.272 e. The minimum Gasteiger partial charge on any atom is -0.464 e. The fraction of sp³-hybridized carbons (Fsp3) is 0.211. The lowest BCUT2D eigenvalue weighted by Crippen LogP contribution is -2.33. The molecule has 0 aliphatic heterocycles. The molecule has 140 valence electrons.